The summed E-state index contributed by atoms with van der Waals surface area (Å²) in [5.41, 5.74) is 7.24. The molecule has 1 aromatic rings. The number of likely N-dealkylation sites (N-methyl/N-ethyl adjacent to an activating group) is 1. The summed E-state index contributed by atoms with van der Waals surface area (Å²) >= 11 is 0. The van der Waals surface area contributed by atoms with E-state index >= 15 is 0 Å². The first-order valence-corrected chi connectivity index (χ1v) is 11.3. The lowest BCUT2D eigenvalue weighted by molar-refractivity contribution is 0.0392. The van der Waals surface area contributed by atoms with E-state index in [1.807, 2.05) is 12.1 Å². The van der Waals surface area contributed by atoms with E-state index in [4.69, 9.17) is 15.2 Å². The Morgan fingerprint density at radius 3 is 2.63 bits per heavy atom. The minimum absolute atomic E-state index is 0. The molecule has 0 atom stereocenters. The van der Waals surface area contributed by atoms with Crippen molar-refractivity contribution in [2.45, 2.75) is 70.0 Å². The van der Waals surface area contributed by atoms with Crippen LogP contribution in [0.4, 0.5) is 0 Å². The number of nitrogens with two attached hydrogens (primary N) is 1. The number of nitrogens with one attached hydrogen (secondary N) is 1. The molecule has 170 valence electrons. The highest BCUT2D eigenvalue weighted by molar-refractivity contribution is 14.0. The number of rotatable bonds is 8. The Labute approximate surface area is 199 Å². The SMILES string of the molecule is CN(CCOc1cccc(CN=C(N)NC2CCCCCC2)c1)C1CCOCC1.I. The van der Waals surface area contributed by atoms with Gasteiger partial charge >= 0.3 is 0 Å². The van der Waals surface area contributed by atoms with Crippen LogP contribution >= 0.6 is 24.0 Å². The average Bonchev–Trinajstić information content (AvgIpc) is 3.02. The number of benzene rings is 1. The third-order valence-corrected chi connectivity index (χ3v) is 6.06. The zero-order valence-corrected chi connectivity index (χ0v) is 20.7. The van der Waals surface area contributed by atoms with Crippen LogP contribution in [-0.2, 0) is 11.3 Å². The van der Waals surface area contributed by atoms with Gasteiger partial charge in [0.25, 0.3) is 0 Å². The van der Waals surface area contributed by atoms with Crippen LogP contribution in [0.5, 0.6) is 5.75 Å². The fourth-order valence-corrected chi connectivity index (χ4v) is 4.20. The lowest BCUT2D eigenvalue weighted by Gasteiger charge is -2.31. The third kappa shape index (κ3) is 8.98. The maximum absolute atomic E-state index is 6.12. The summed E-state index contributed by atoms with van der Waals surface area (Å²) in [6, 6.07) is 9.26. The van der Waals surface area contributed by atoms with E-state index in [1.54, 1.807) is 0 Å². The van der Waals surface area contributed by atoms with Gasteiger partial charge in [-0.1, -0.05) is 37.8 Å². The maximum atomic E-state index is 6.12. The van der Waals surface area contributed by atoms with E-state index in [0.717, 1.165) is 43.9 Å². The smallest absolute Gasteiger partial charge is 0.189 e. The van der Waals surface area contributed by atoms with Crippen molar-refractivity contribution in [2.24, 2.45) is 10.7 Å². The van der Waals surface area contributed by atoms with Crippen molar-refractivity contribution in [3.05, 3.63) is 29.8 Å². The molecule has 1 heterocycles. The van der Waals surface area contributed by atoms with Gasteiger partial charge in [0.15, 0.2) is 5.96 Å². The molecular formula is C23H39IN4O2. The molecule has 6 nitrogen and oxygen atoms in total. The van der Waals surface area contributed by atoms with Crippen LogP contribution in [0.1, 0.15) is 56.9 Å². The van der Waals surface area contributed by atoms with Gasteiger partial charge in [0.1, 0.15) is 12.4 Å². The second kappa shape index (κ2) is 14.1. The van der Waals surface area contributed by atoms with Crippen molar-refractivity contribution in [3.63, 3.8) is 0 Å². The van der Waals surface area contributed by atoms with Crippen LogP contribution in [0.25, 0.3) is 0 Å². The molecule has 2 aliphatic rings. The summed E-state index contributed by atoms with van der Waals surface area (Å²) < 4.78 is 11.4. The number of ether oxygens (including phenoxy) is 2. The largest absolute Gasteiger partial charge is 0.492 e. The predicted octanol–water partition coefficient (Wildman–Crippen LogP) is 3.92. The standard InChI is InChI=1S/C23H38N4O2.HI/c1-27(21-11-14-28-15-12-21)13-16-29-22-10-6-7-19(17-22)18-25-23(24)26-20-8-4-2-3-5-9-20;/h6-7,10,17,20-21H,2-5,8-9,11-16,18H2,1H3,(H3,24,25,26);1H. The molecule has 1 aliphatic heterocycles. The van der Waals surface area contributed by atoms with E-state index in [1.165, 1.54) is 38.5 Å². The molecule has 1 saturated carbocycles. The molecule has 0 unspecified atom stereocenters. The Morgan fingerprint density at radius 2 is 1.90 bits per heavy atom. The molecule has 1 saturated heterocycles. The van der Waals surface area contributed by atoms with Crippen LogP contribution in [0, 0.1) is 0 Å². The molecule has 0 amide bonds. The number of halogens is 1. The van der Waals surface area contributed by atoms with Gasteiger partial charge in [0.2, 0.25) is 0 Å². The lowest BCUT2D eigenvalue weighted by Crippen LogP contribution is -2.39. The van der Waals surface area contributed by atoms with E-state index in [2.05, 4.69) is 34.4 Å². The van der Waals surface area contributed by atoms with Gasteiger partial charge in [0, 0.05) is 31.8 Å². The first kappa shape index (κ1) is 25.2. The van der Waals surface area contributed by atoms with Gasteiger partial charge in [0.05, 0.1) is 6.54 Å². The summed E-state index contributed by atoms with van der Waals surface area (Å²) in [4.78, 5) is 6.92. The summed E-state index contributed by atoms with van der Waals surface area (Å²) in [5.74, 6) is 1.45. The number of hydrogen-bond donors (Lipinski definition) is 2. The average molecular weight is 530 g/mol. The monoisotopic (exact) mass is 530 g/mol. The van der Waals surface area contributed by atoms with Crippen molar-refractivity contribution in [1.82, 2.24) is 10.2 Å². The van der Waals surface area contributed by atoms with Crippen molar-refractivity contribution >= 4 is 29.9 Å². The van der Waals surface area contributed by atoms with E-state index in [-0.39, 0.29) is 24.0 Å². The van der Waals surface area contributed by atoms with E-state index in [0.29, 0.717) is 31.2 Å². The molecule has 7 heteroatoms. The van der Waals surface area contributed by atoms with Gasteiger partial charge in [-0.05, 0) is 50.4 Å². The van der Waals surface area contributed by atoms with Crippen LogP contribution < -0.4 is 15.8 Å². The Bertz CT molecular complexity index is 629. The van der Waals surface area contributed by atoms with Crippen molar-refractivity contribution in [3.8, 4) is 5.75 Å². The molecule has 0 aromatic heterocycles. The highest BCUT2D eigenvalue weighted by atomic mass is 127. The normalized spacial score (nSPS) is 19.2. The van der Waals surface area contributed by atoms with Crippen LogP contribution in [-0.4, -0.2) is 56.4 Å². The topological polar surface area (TPSA) is 72.1 Å². The molecule has 30 heavy (non-hydrogen) atoms. The molecule has 0 spiro atoms. The lowest BCUT2D eigenvalue weighted by atomic mass is 10.1. The number of hydrogen-bond acceptors (Lipinski definition) is 4. The van der Waals surface area contributed by atoms with Crippen molar-refractivity contribution < 1.29 is 9.47 Å². The van der Waals surface area contributed by atoms with Gasteiger partial charge < -0.3 is 20.5 Å². The third-order valence-electron chi connectivity index (χ3n) is 6.06. The van der Waals surface area contributed by atoms with E-state index < -0.39 is 0 Å². The Kier molecular flexibility index (Phi) is 11.8. The first-order valence-electron chi connectivity index (χ1n) is 11.3. The zero-order chi connectivity index (χ0) is 20.3. The quantitative estimate of drug-likeness (QED) is 0.231. The highest BCUT2D eigenvalue weighted by Crippen LogP contribution is 2.18. The van der Waals surface area contributed by atoms with Crippen molar-refractivity contribution in [1.29, 1.82) is 0 Å². The van der Waals surface area contributed by atoms with Crippen molar-refractivity contribution in [2.75, 3.05) is 33.4 Å². The van der Waals surface area contributed by atoms with Gasteiger partial charge in [-0.3, -0.25) is 4.90 Å². The number of nitrogens with zero attached hydrogens (tertiary/aromatic N) is 2. The Hall–Kier alpha value is -1.06. The fourth-order valence-electron chi connectivity index (χ4n) is 4.20. The molecule has 0 bridgehead atoms. The number of aliphatic imine (C=N–C) groups is 1. The minimum atomic E-state index is 0. The van der Waals surface area contributed by atoms with Crippen LogP contribution in [0.15, 0.2) is 29.3 Å². The van der Waals surface area contributed by atoms with Gasteiger partial charge in [-0.2, -0.15) is 0 Å². The highest BCUT2D eigenvalue weighted by Gasteiger charge is 2.18. The molecule has 1 aromatic carbocycles. The van der Waals surface area contributed by atoms with Gasteiger partial charge in [-0.15, -0.1) is 24.0 Å². The maximum Gasteiger partial charge on any atom is 0.189 e. The molecule has 0 radical (unpaired) electrons. The fraction of sp³-hybridized carbons (Fsp3) is 0.696. The molecule has 2 fully saturated rings. The second-order valence-electron chi connectivity index (χ2n) is 8.35. The number of guanidine groups is 1. The summed E-state index contributed by atoms with van der Waals surface area (Å²) in [5, 5.41) is 3.40. The Morgan fingerprint density at radius 1 is 1.17 bits per heavy atom. The molecule has 3 N–H and O–H groups in total. The van der Waals surface area contributed by atoms with Crippen LogP contribution in [0.2, 0.25) is 0 Å². The minimum Gasteiger partial charge on any atom is -0.492 e. The summed E-state index contributed by atoms with van der Waals surface area (Å²) in [7, 11) is 2.18. The first-order chi connectivity index (χ1) is 14.2. The zero-order valence-electron chi connectivity index (χ0n) is 18.4. The predicted molar refractivity (Wildman–Crippen MR) is 134 cm³/mol. The molecular weight excluding hydrogens is 491 g/mol. The van der Waals surface area contributed by atoms with Crippen LogP contribution in [0.3, 0.4) is 0 Å². The molecule has 3 rings (SSSR count). The van der Waals surface area contributed by atoms with Gasteiger partial charge in [-0.25, -0.2) is 4.99 Å². The second-order valence-corrected chi connectivity index (χ2v) is 8.35. The molecule has 1 aliphatic carbocycles. The summed E-state index contributed by atoms with van der Waals surface area (Å²) in [6.45, 7) is 3.93. The summed E-state index contributed by atoms with van der Waals surface area (Å²) in [6.07, 6.45) is 9.87. The van der Waals surface area contributed by atoms with E-state index in [9.17, 15) is 0 Å². The Balaban J connectivity index is 0.00000320.